The van der Waals surface area contributed by atoms with E-state index in [1.54, 1.807) is 20.8 Å². The molecule has 1 heterocycles. The lowest BCUT2D eigenvalue weighted by atomic mass is 9.98. The topological polar surface area (TPSA) is 46.2 Å². The molecule has 0 N–H and O–H groups in total. The molecule has 1 saturated heterocycles. The predicted octanol–water partition coefficient (Wildman–Crippen LogP) is 2.17. The van der Waals surface area contributed by atoms with Gasteiger partial charge in [-0.2, -0.15) is 0 Å². The van der Waals surface area contributed by atoms with Crippen molar-refractivity contribution in [3.05, 3.63) is 0 Å². The van der Waals surface area contributed by atoms with Crippen LogP contribution in [0.4, 0.5) is 0 Å². The average molecular weight is 187 g/mol. The Morgan fingerprint density at radius 3 is 1.92 bits per heavy atom. The summed E-state index contributed by atoms with van der Waals surface area (Å²) >= 11 is 0. The SMILES string of the molecule is CC(C)(C)C([O])=O.CC1CCCO1. The molecule has 77 valence electrons. The molecule has 0 bridgehead atoms. The Balaban J connectivity index is 0.000000223. The summed E-state index contributed by atoms with van der Waals surface area (Å²) in [4.78, 5) is 9.91. The Hall–Kier alpha value is -0.570. The maximum atomic E-state index is 9.91. The summed E-state index contributed by atoms with van der Waals surface area (Å²) in [6, 6.07) is 0. The Morgan fingerprint density at radius 2 is 1.85 bits per heavy atom. The zero-order chi connectivity index (χ0) is 10.5. The highest BCUT2D eigenvalue weighted by molar-refractivity contribution is 5.72. The van der Waals surface area contributed by atoms with Crippen LogP contribution in [-0.2, 0) is 14.6 Å². The Kier molecular flexibility index (Phi) is 4.99. The van der Waals surface area contributed by atoms with Crippen LogP contribution in [0.5, 0.6) is 0 Å². The van der Waals surface area contributed by atoms with Crippen LogP contribution in [0, 0.1) is 5.41 Å². The van der Waals surface area contributed by atoms with Crippen LogP contribution < -0.4 is 0 Å². The molecule has 3 nitrogen and oxygen atoms in total. The molecule has 0 aromatic carbocycles. The van der Waals surface area contributed by atoms with Crippen LogP contribution in [-0.4, -0.2) is 18.7 Å². The van der Waals surface area contributed by atoms with Crippen molar-refractivity contribution in [2.24, 2.45) is 5.41 Å². The van der Waals surface area contributed by atoms with Crippen molar-refractivity contribution in [3.63, 3.8) is 0 Å². The molecule has 1 unspecified atom stereocenters. The van der Waals surface area contributed by atoms with Crippen molar-refractivity contribution in [2.75, 3.05) is 6.61 Å². The summed E-state index contributed by atoms with van der Waals surface area (Å²) in [6.07, 6.45) is 3.08. The third kappa shape index (κ3) is 6.58. The lowest BCUT2D eigenvalue weighted by Gasteiger charge is -2.06. The smallest absolute Gasteiger partial charge is 0.360 e. The number of carbonyl (C=O) groups excluding carboxylic acids is 1. The van der Waals surface area contributed by atoms with Crippen molar-refractivity contribution in [1.82, 2.24) is 0 Å². The molecular formula is C10H19O3. The molecule has 0 aromatic rings. The summed E-state index contributed by atoms with van der Waals surface area (Å²) in [5.74, 6) is -1.01. The molecule has 13 heavy (non-hydrogen) atoms. The van der Waals surface area contributed by atoms with Crippen molar-refractivity contribution in [3.8, 4) is 0 Å². The minimum absolute atomic E-state index is 0.546. The molecule has 0 spiro atoms. The van der Waals surface area contributed by atoms with E-state index in [9.17, 15) is 9.90 Å². The maximum absolute atomic E-state index is 9.91. The highest BCUT2D eigenvalue weighted by atomic mass is 16.5. The van der Waals surface area contributed by atoms with E-state index in [1.807, 2.05) is 0 Å². The van der Waals surface area contributed by atoms with Gasteiger partial charge in [-0.05, 0) is 40.5 Å². The molecular weight excluding hydrogens is 168 g/mol. The summed E-state index contributed by atoms with van der Waals surface area (Å²) in [5, 5.41) is 9.91. The molecule has 0 aromatic heterocycles. The van der Waals surface area contributed by atoms with E-state index < -0.39 is 11.4 Å². The number of carbonyl (C=O) groups is 1. The number of rotatable bonds is 0. The van der Waals surface area contributed by atoms with Crippen molar-refractivity contribution >= 4 is 5.97 Å². The third-order valence-corrected chi connectivity index (χ3v) is 1.77. The molecule has 1 aliphatic rings. The van der Waals surface area contributed by atoms with Gasteiger partial charge in [-0.3, -0.25) is 0 Å². The molecule has 1 atom stereocenters. The summed E-state index contributed by atoms with van der Waals surface area (Å²) < 4.78 is 5.15. The van der Waals surface area contributed by atoms with E-state index in [-0.39, 0.29) is 0 Å². The molecule has 0 aliphatic carbocycles. The van der Waals surface area contributed by atoms with Gasteiger partial charge in [-0.25, -0.2) is 9.90 Å². The van der Waals surface area contributed by atoms with E-state index in [1.165, 1.54) is 12.8 Å². The van der Waals surface area contributed by atoms with Crippen LogP contribution in [0.1, 0.15) is 40.5 Å². The van der Waals surface area contributed by atoms with Crippen molar-refractivity contribution < 1.29 is 14.6 Å². The molecule has 1 radical (unpaired) electrons. The first-order valence-electron chi connectivity index (χ1n) is 4.67. The van der Waals surface area contributed by atoms with Crippen molar-refractivity contribution in [1.29, 1.82) is 0 Å². The van der Waals surface area contributed by atoms with Gasteiger partial charge >= 0.3 is 5.97 Å². The normalized spacial score (nSPS) is 22.0. The van der Waals surface area contributed by atoms with Gasteiger partial charge in [0.05, 0.1) is 11.5 Å². The van der Waals surface area contributed by atoms with E-state index in [0.717, 1.165) is 6.61 Å². The van der Waals surface area contributed by atoms with Gasteiger partial charge in [0.25, 0.3) is 0 Å². The van der Waals surface area contributed by atoms with Gasteiger partial charge in [0.2, 0.25) is 0 Å². The fourth-order valence-corrected chi connectivity index (χ4v) is 0.739. The molecule has 1 aliphatic heterocycles. The second-order valence-electron chi connectivity index (χ2n) is 4.36. The number of ether oxygens (including phenoxy) is 1. The maximum Gasteiger partial charge on any atom is 0.360 e. The van der Waals surface area contributed by atoms with E-state index in [0.29, 0.717) is 6.10 Å². The molecule has 1 fully saturated rings. The monoisotopic (exact) mass is 187 g/mol. The van der Waals surface area contributed by atoms with Gasteiger partial charge in [-0.15, -0.1) is 0 Å². The second-order valence-corrected chi connectivity index (χ2v) is 4.36. The lowest BCUT2D eigenvalue weighted by molar-refractivity contribution is -0.152. The van der Waals surface area contributed by atoms with E-state index in [2.05, 4.69) is 6.92 Å². The Labute approximate surface area is 80.1 Å². The van der Waals surface area contributed by atoms with Crippen molar-refractivity contribution in [2.45, 2.75) is 46.6 Å². The van der Waals surface area contributed by atoms with Gasteiger partial charge in [-0.1, -0.05) is 0 Å². The molecule has 0 saturated carbocycles. The van der Waals surface area contributed by atoms with Gasteiger partial charge in [0.15, 0.2) is 0 Å². The van der Waals surface area contributed by atoms with E-state index >= 15 is 0 Å². The Bertz CT molecular complexity index is 152. The first-order chi connectivity index (χ1) is 5.84. The zero-order valence-electron chi connectivity index (χ0n) is 8.92. The minimum atomic E-state index is -1.01. The average Bonchev–Trinajstić information content (AvgIpc) is 2.38. The van der Waals surface area contributed by atoms with Crippen LogP contribution >= 0.6 is 0 Å². The predicted molar refractivity (Wildman–Crippen MR) is 49.8 cm³/mol. The zero-order valence-corrected chi connectivity index (χ0v) is 8.92. The lowest BCUT2D eigenvalue weighted by Crippen LogP contribution is -2.17. The van der Waals surface area contributed by atoms with Crippen LogP contribution in [0.25, 0.3) is 0 Å². The van der Waals surface area contributed by atoms with Crippen LogP contribution in [0.2, 0.25) is 0 Å². The first kappa shape index (κ1) is 12.4. The first-order valence-corrected chi connectivity index (χ1v) is 4.67. The highest BCUT2D eigenvalue weighted by Gasteiger charge is 2.21. The number of hydrogen-bond acceptors (Lipinski definition) is 2. The van der Waals surface area contributed by atoms with E-state index in [4.69, 9.17) is 4.74 Å². The summed E-state index contributed by atoms with van der Waals surface area (Å²) in [5.41, 5.74) is -0.694. The van der Waals surface area contributed by atoms with Gasteiger partial charge in [0, 0.05) is 6.61 Å². The molecule has 1 rings (SSSR count). The molecule has 3 heteroatoms. The third-order valence-electron chi connectivity index (χ3n) is 1.77. The highest BCUT2D eigenvalue weighted by Crippen LogP contribution is 2.11. The Morgan fingerprint density at radius 1 is 1.38 bits per heavy atom. The molecule has 0 amide bonds. The fraction of sp³-hybridized carbons (Fsp3) is 0.900. The minimum Gasteiger partial charge on any atom is -0.379 e. The van der Waals surface area contributed by atoms with Crippen LogP contribution in [0.15, 0.2) is 0 Å². The quantitative estimate of drug-likeness (QED) is 0.583. The summed E-state index contributed by atoms with van der Waals surface area (Å²) in [7, 11) is 0. The second kappa shape index (κ2) is 5.22. The standard InChI is InChI=1S/C5H9O2.C5H10O/c1-5(2,3)4(6)7;1-5-3-2-4-6-5/h1-3H3;5H,2-4H2,1H3. The van der Waals surface area contributed by atoms with Gasteiger partial charge < -0.3 is 4.74 Å². The number of hydrogen-bond donors (Lipinski definition) is 0. The summed E-state index contributed by atoms with van der Waals surface area (Å²) in [6.45, 7) is 7.90. The fourth-order valence-electron chi connectivity index (χ4n) is 0.739. The largest absolute Gasteiger partial charge is 0.379 e. The van der Waals surface area contributed by atoms with Crippen LogP contribution in [0.3, 0.4) is 0 Å². The van der Waals surface area contributed by atoms with Gasteiger partial charge in [0.1, 0.15) is 0 Å².